The summed E-state index contributed by atoms with van der Waals surface area (Å²) in [5.74, 6) is -0.843. The zero-order valence-corrected chi connectivity index (χ0v) is 20.5. The highest BCUT2D eigenvalue weighted by atomic mass is 19.1. The number of nitro benzene ring substituents is 2. The summed E-state index contributed by atoms with van der Waals surface area (Å²) in [7, 11) is 0. The maximum atomic E-state index is 13.0. The second kappa shape index (κ2) is 12.3. The Morgan fingerprint density at radius 3 is 2.62 bits per heavy atom. The molecule has 0 aromatic heterocycles. The van der Waals surface area contributed by atoms with Gasteiger partial charge < -0.3 is 19.5 Å². The molecule has 3 rings (SSSR count). The SMILES string of the molecule is C=C(F)/C=C\C(=C/C)C1NC(COC2CCCC(OC(=O)c3ccc([N+](=O)[O-])cc3[N+](=O)[O-])C2)=C(C)O1. The molecule has 1 aromatic rings. The molecule has 1 aromatic carbocycles. The van der Waals surface area contributed by atoms with E-state index in [0.717, 1.165) is 42.3 Å². The molecule has 198 valence electrons. The number of ether oxygens (including phenoxy) is 3. The minimum Gasteiger partial charge on any atom is -0.469 e. The van der Waals surface area contributed by atoms with Gasteiger partial charge in [0.15, 0.2) is 6.23 Å². The zero-order chi connectivity index (χ0) is 27.1. The van der Waals surface area contributed by atoms with Crippen LogP contribution in [0.15, 0.2) is 65.9 Å². The Balaban J connectivity index is 1.57. The van der Waals surface area contributed by atoms with E-state index >= 15 is 0 Å². The Morgan fingerprint density at radius 2 is 1.97 bits per heavy atom. The van der Waals surface area contributed by atoms with Crippen molar-refractivity contribution in [3.63, 3.8) is 0 Å². The molecule has 3 unspecified atom stereocenters. The highest BCUT2D eigenvalue weighted by molar-refractivity contribution is 5.94. The smallest absolute Gasteiger partial charge is 0.345 e. The van der Waals surface area contributed by atoms with E-state index in [1.54, 1.807) is 19.1 Å². The minimum atomic E-state index is -0.914. The van der Waals surface area contributed by atoms with Gasteiger partial charge in [-0.1, -0.05) is 18.7 Å². The molecule has 0 saturated heterocycles. The summed E-state index contributed by atoms with van der Waals surface area (Å²) in [6, 6.07) is 2.80. The Kier molecular flexibility index (Phi) is 9.12. The molecule has 1 aliphatic carbocycles. The molecular weight excluding hydrogens is 489 g/mol. The van der Waals surface area contributed by atoms with Gasteiger partial charge in [0.2, 0.25) is 0 Å². The number of carbonyl (C=O) groups excluding carboxylic acids is 1. The lowest BCUT2D eigenvalue weighted by molar-refractivity contribution is -0.394. The van der Waals surface area contributed by atoms with Crippen molar-refractivity contribution in [1.29, 1.82) is 0 Å². The number of nitrogens with one attached hydrogen (secondary N) is 1. The first kappa shape index (κ1) is 27.5. The standard InChI is InChI=1S/C25H28FN3O8/c1-4-17(9-8-15(2)26)24-27-22(16(3)36-24)14-35-19-6-5-7-20(13-19)37-25(30)21-11-10-18(28(31)32)12-23(21)29(33)34/h4,8-12,19-20,24,27H,2,5-7,13-14H2,1,3H3/b9-8-,17-4+. The number of allylic oxidation sites excluding steroid dienone is 4. The number of esters is 1. The van der Waals surface area contributed by atoms with Crippen molar-refractivity contribution >= 4 is 17.3 Å². The molecule has 3 atom stereocenters. The van der Waals surface area contributed by atoms with E-state index in [-0.39, 0.29) is 18.3 Å². The van der Waals surface area contributed by atoms with Crippen LogP contribution in [0.2, 0.25) is 0 Å². The topological polar surface area (TPSA) is 143 Å². The number of hydrogen-bond donors (Lipinski definition) is 1. The van der Waals surface area contributed by atoms with Gasteiger partial charge in [-0.2, -0.15) is 0 Å². The van der Waals surface area contributed by atoms with Gasteiger partial charge in [0, 0.05) is 18.1 Å². The number of carbonyl (C=O) groups is 1. The first-order valence-electron chi connectivity index (χ1n) is 11.7. The van der Waals surface area contributed by atoms with Gasteiger partial charge in [-0.05, 0) is 45.3 Å². The van der Waals surface area contributed by atoms with Gasteiger partial charge in [0.25, 0.3) is 11.4 Å². The summed E-state index contributed by atoms with van der Waals surface area (Å²) in [5, 5.41) is 25.5. The summed E-state index contributed by atoms with van der Waals surface area (Å²) in [5.41, 5.74) is -0.0621. The summed E-state index contributed by atoms with van der Waals surface area (Å²) < 4.78 is 30.3. The van der Waals surface area contributed by atoms with Crippen molar-refractivity contribution in [2.24, 2.45) is 0 Å². The predicted molar refractivity (Wildman–Crippen MR) is 131 cm³/mol. The van der Waals surface area contributed by atoms with Gasteiger partial charge in [-0.15, -0.1) is 0 Å². The molecule has 1 saturated carbocycles. The lowest BCUT2D eigenvalue weighted by Crippen LogP contribution is -2.32. The van der Waals surface area contributed by atoms with E-state index in [9.17, 15) is 29.4 Å². The minimum absolute atomic E-state index is 0.220. The fraction of sp³-hybridized carbons (Fsp3) is 0.400. The van der Waals surface area contributed by atoms with Crippen molar-refractivity contribution in [2.45, 2.75) is 58.0 Å². The van der Waals surface area contributed by atoms with E-state index in [2.05, 4.69) is 11.9 Å². The van der Waals surface area contributed by atoms with E-state index in [4.69, 9.17) is 14.2 Å². The quantitative estimate of drug-likeness (QED) is 0.193. The average molecular weight is 518 g/mol. The molecule has 0 radical (unpaired) electrons. The second-order valence-corrected chi connectivity index (χ2v) is 8.59. The highest BCUT2D eigenvalue weighted by Gasteiger charge is 2.31. The predicted octanol–water partition coefficient (Wildman–Crippen LogP) is 5.15. The molecule has 1 aliphatic heterocycles. The molecule has 1 heterocycles. The van der Waals surface area contributed by atoms with Gasteiger partial charge in [-0.25, -0.2) is 9.18 Å². The number of hydrogen-bond acceptors (Lipinski definition) is 9. The Bertz CT molecular complexity index is 1180. The van der Waals surface area contributed by atoms with Crippen LogP contribution in [0.4, 0.5) is 15.8 Å². The van der Waals surface area contributed by atoms with Crippen molar-refractivity contribution in [1.82, 2.24) is 5.32 Å². The highest BCUT2D eigenvalue weighted by Crippen LogP contribution is 2.29. The number of halogens is 1. The number of benzene rings is 1. The van der Waals surface area contributed by atoms with Crippen LogP contribution in [-0.2, 0) is 14.2 Å². The average Bonchev–Trinajstić information content (AvgIpc) is 3.22. The number of rotatable bonds is 10. The summed E-state index contributed by atoms with van der Waals surface area (Å²) >= 11 is 0. The van der Waals surface area contributed by atoms with Crippen LogP contribution >= 0.6 is 0 Å². The zero-order valence-electron chi connectivity index (χ0n) is 20.5. The fourth-order valence-electron chi connectivity index (χ4n) is 4.09. The molecule has 2 aliphatic rings. The van der Waals surface area contributed by atoms with Gasteiger partial charge in [-0.3, -0.25) is 20.2 Å². The van der Waals surface area contributed by atoms with Crippen molar-refractivity contribution < 1.29 is 33.2 Å². The van der Waals surface area contributed by atoms with E-state index < -0.39 is 45.3 Å². The second-order valence-electron chi connectivity index (χ2n) is 8.59. The molecule has 1 fully saturated rings. The molecule has 1 N–H and O–H groups in total. The molecule has 12 heteroatoms. The van der Waals surface area contributed by atoms with Crippen molar-refractivity contribution in [3.05, 3.63) is 91.7 Å². The third-order valence-electron chi connectivity index (χ3n) is 6.04. The van der Waals surface area contributed by atoms with Crippen LogP contribution in [0.3, 0.4) is 0 Å². The van der Waals surface area contributed by atoms with Crippen molar-refractivity contribution in [3.8, 4) is 0 Å². The van der Waals surface area contributed by atoms with Gasteiger partial charge in [0.1, 0.15) is 23.3 Å². The lowest BCUT2D eigenvalue weighted by atomic mass is 9.94. The maximum absolute atomic E-state index is 13.0. The molecule has 0 spiro atoms. The summed E-state index contributed by atoms with van der Waals surface area (Å²) in [6.45, 7) is 7.02. The number of nitro groups is 2. The monoisotopic (exact) mass is 517 g/mol. The molecule has 0 bridgehead atoms. The number of non-ortho nitro benzene ring substituents is 1. The van der Waals surface area contributed by atoms with Crippen LogP contribution in [-0.4, -0.2) is 40.9 Å². The first-order valence-corrected chi connectivity index (χ1v) is 11.7. The van der Waals surface area contributed by atoms with E-state index in [1.165, 1.54) is 6.08 Å². The lowest BCUT2D eigenvalue weighted by Gasteiger charge is -2.29. The maximum Gasteiger partial charge on any atom is 0.345 e. The first-order chi connectivity index (χ1) is 17.6. The Hall–Kier alpha value is -4.06. The molecule has 11 nitrogen and oxygen atoms in total. The third-order valence-corrected chi connectivity index (χ3v) is 6.04. The van der Waals surface area contributed by atoms with Crippen LogP contribution in [0, 0.1) is 20.2 Å². The normalized spacial score (nSPS) is 21.9. The van der Waals surface area contributed by atoms with Gasteiger partial charge in [0.05, 0.1) is 34.3 Å². The number of nitrogens with zero attached hydrogens (tertiary/aromatic N) is 2. The summed E-state index contributed by atoms with van der Waals surface area (Å²) in [4.78, 5) is 33.3. The van der Waals surface area contributed by atoms with E-state index in [1.807, 2.05) is 6.92 Å². The molecule has 37 heavy (non-hydrogen) atoms. The fourth-order valence-corrected chi connectivity index (χ4v) is 4.09. The van der Waals surface area contributed by atoms with Crippen LogP contribution in [0.5, 0.6) is 0 Å². The molecule has 0 amide bonds. The Morgan fingerprint density at radius 1 is 1.24 bits per heavy atom. The molecular formula is C25H28FN3O8. The van der Waals surface area contributed by atoms with Crippen LogP contribution < -0.4 is 5.32 Å². The summed E-state index contributed by atoms with van der Waals surface area (Å²) in [6.07, 6.45) is 5.80. The van der Waals surface area contributed by atoms with Crippen molar-refractivity contribution in [2.75, 3.05) is 6.61 Å². The largest absolute Gasteiger partial charge is 0.469 e. The van der Waals surface area contributed by atoms with E-state index in [0.29, 0.717) is 18.6 Å². The Labute approximate surface area is 212 Å². The van der Waals surface area contributed by atoms with Crippen LogP contribution in [0.25, 0.3) is 0 Å². The van der Waals surface area contributed by atoms with Gasteiger partial charge >= 0.3 is 5.97 Å². The third kappa shape index (κ3) is 7.23. The van der Waals surface area contributed by atoms with Crippen LogP contribution in [0.1, 0.15) is 49.9 Å².